The summed E-state index contributed by atoms with van der Waals surface area (Å²) in [4.78, 5) is 25.5. The molecule has 0 heterocycles. The zero-order chi connectivity index (χ0) is 24.3. The molecule has 4 N–H and O–H groups in total. The van der Waals surface area contributed by atoms with Crippen LogP contribution in [-0.4, -0.2) is 34.8 Å². The molecule has 3 rings (SSSR count). The SMILES string of the molecule is CCCOc1ccc(/C=C(\NC(=O)c2ccccc2)C(=O)N/N=C\c2ccc(O)c(O)c2)cc1. The quantitative estimate of drug-likeness (QED) is 0.168. The van der Waals surface area contributed by atoms with Gasteiger partial charge in [0.2, 0.25) is 0 Å². The van der Waals surface area contributed by atoms with Gasteiger partial charge in [0, 0.05) is 5.56 Å². The third-order valence-corrected chi connectivity index (χ3v) is 4.57. The van der Waals surface area contributed by atoms with E-state index in [0.717, 1.165) is 6.42 Å². The number of carbonyl (C=O) groups excluding carboxylic acids is 2. The summed E-state index contributed by atoms with van der Waals surface area (Å²) in [7, 11) is 0. The summed E-state index contributed by atoms with van der Waals surface area (Å²) in [5.41, 5.74) is 3.88. The maximum atomic E-state index is 12.8. The number of aromatic hydroxyl groups is 2. The van der Waals surface area contributed by atoms with Gasteiger partial charge in [-0.3, -0.25) is 9.59 Å². The van der Waals surface area contributed by atoms with Gasteiger partial charge in [0.15, 0.2) is 11.5 Å². The molecule has 0 spiro atoms. The molecule has 0 atom stereocenters. The van der Waals surface area contributed by atoms with Gasteiger partial charge in [0.05, 0.1) is 12.8 Å². The van der Waals surface area contributed by atoms with E-state index in [4.69, 9.17) is 4.74 Å². The van der Waals surface area contributed by atoms with Crippen LogP contribution in [-0.2, 0) is 4.79 Å². The summed E-state index contributed by atoms with van der Waals surface area (Å²) in [6, 6.07) is 19.7. The number of hydrazone groups is 1. The number of nitrogens with one attached hydrogen (secondary N) is 2. The lowest BCUT2D eigenvalue weighted by molar-refractivity contribution is -0.117. The minimum atomic E-state index is -0.644. The smallest absolute Gasteiger partial charge is 0.287 e. The number of nitrogens with zero attached hydrogens (tertiary/aromatic N) is 1. The third-order valence-electron chi connectivity index (χ3n) is 4.57. The normalized spacial score (nSPS) is 11.3. The number of rotatable bonds is 9. The van der Waals surface area contributed by atoms with Crippen molar-refractivity contribution in [2.24, 2.45) is 5.10 Å². The first-order valence-corrected chi connectivity index (χ1v) is 10.6. The molecule has 0 unspecified atom stereocenters. The van der Waals surface area contributed by atoms with E-state index in [-0.39, 0.29) is 17.2 Å². The van der Waals surface area contributed by atoms with Gasteiger partial charge in [-0.1, -0.05) is 37.3 Å². The van der Waals surface area contributed by atoms with Crippen LogP contribution < -0.4 is 15.5 Å². The van der Waals surface area contributed by atoms with Gasteiger partial charge in [-0.15, -0.1) is 0 Å². The first-order valence-electron chi connectivity index (χ1n) is 10.6. The fraction of sp³-hybridized carbons (Fsp3) is 0.115. The number of ether oxygens (including phenoxy) is 1. The topological polar surface area (TPSA) is 120 Å². The molecule has 0 saturated carbocycles. The molecule has 174 valence electrons. The van der Waals surface area contributed by atoms with Gasteiger partial charge in [-0.2, -0.15) is 5.10 Å². The Balaban J connectivity index is 1.79. The Morgan fingerprint density at radius 3 is 2.32 bits per heavy atom. The van der Waals surface area contributed by atoms with Crippen molar-refractivity contribution in [3.05, 3.63) is 95.2 Å². The first kappa shape index (κ1) is 24.1. The molecule has 0 radical (unpaired) electrons. The molecule has 2 amide bonds. The molecule has 0 aromatic heterocycles. The van der Waals surface area contributed by atoms with E-state index < -0.39 is 11.8 Å². The largest absolute Gasteiger partial charge is 0.504 e. The van der Waals surface area contributed by atoms with Gasteiger partial charge in [-0.05, 0) is 66.1 Å². The minimum Gasteiger partial charge on any atom is -0.504 e. The third kappa shape index (κ3) is 6.96. The Hall–Kier alpha value is -4.59. The van der Waals surface area contributed by atoms with Crippen LogP contribution >= 0.6 is 0 Å². The van der Waals surface area contributed by atoms with Crippen molar-refractivity contribution < 1.29 is 24.5 Å². The fourth-order valence-corrected chi connectivity index (χ4v) is 2.84. The molecule has 3 aromatic carbocycles. The highest BCUT2D eigenvalue weighted by Crippen LogP contribution is 2.24. The first-order chi connectivity index (χ1) is 16.5. The van der Waals surface area contributed by atoms with Crippen LogP contribution in [0.15, 0.2) is 83.6 Å². The number of phenols is 2. The maximum absolute atomic E-state index is 12.8. The van der Waals surface area contributed by atoms with Crippen molar-refractivity contribution in [1.82, 2.24) is 10.7 Å². The monoisotopic (exact) mass is 459 g/mol. The van der Waals surface area contributed by atoms with Crippen molar-refractivity contribution in [2.75, 3.05) is 6.61 Å². The average Bonchev–Trinajstić information content (AvgIpc) is 2.85. The molecule has 0 aliphatic rings. The van der Waals surface area contributed by atoms with E-state index >= 15 is 0 Å². The molecule has 0 saturated heterocycles. The molecule has 0 aliphatic carbocycles. The Labute approximate surface area is 197 Å². The molecule has 8 heteroatoms. The maximum Gasteiger partial charge on any atom is 0.287 e. The highest BCUT2D eigenvalue weighted by atomic mass is 16.5. The standard InChI is InChI=1S/C26H25N3O5/c1-2-14-34-21-11-8-18(9-12-21)15-22(28-25(32)20-6-4-3-5-7-20)26(33)29-27-17-19-10-13-23(30)24(31)16-19/h3-13,15-17,30-31H,2,14H2,1H3,(H,28,32)(H,29,33)/b22-15-,27-17-. The Kier molecular flexibility index (Phi) is 8.40. The lowest BCUT2D eigenvalue weighted by atomic mass is 10.1. The van der Waals surface area contributed by atoms with E-state index in [0.29, 0.717) is 29.0 Å². The lowest BCUT2D eigenvalue weighted by Gasteiger charge is -2.10. The minimum absolute atomic E-state index is 0.0122. The van der Waals surface area contributed by atoms with E-state index in [1.165, 1.54) is 30.5 Å². The van der Waals surface area contributed by atoms with Crippen LogP contribution in [0.3, 0.4) is 0 Å². The number of hydrogen-bond donors (Lipinski definition) is 4. The van der Waals surface area contributed by atoms with Crippen molar-refractivity contribution in [3.63, 3.8) is 0 Å². The van der Waals surface area contributed by atoms with E-state index in [1.54, 1.807) is 54.6 Å². The molecular formula is C26H25N3O5. The number of hydrogen-bond acceptors (Lipinski definition) is 6. The van der Waals surface area contributed by atoms with Gasteiger partial charge in [0.25, 0.3) is 11.8 Å². The molecule has 0 bridgehead atoms. The summed E-state index contributed by atoms with van der Waals surface area (Å²) in [6.45, 7) is 2.62. The molecule has 3 aromatic rings. The van der Waals surface area contributed by atoms with Crippen LogP contribution in [0.5, 0.6) is 17.2 Å². The second-order valence-electron chi connectivity index (χ2n) is 7.24. The predicted molar refractivity (Wildman–Crippen MR) is 130 cm³/mol. The highest BCUT2D eigenvalue weighted by molar-refractivity contribution is 6.05. The zero-order valence-electron chi connectivity index (χ0n) is 18.6. The van der Waals surface area contributed by atoms with E-state index in [9.17, 15) is 19.8 Å². The van der Waals surface area contributed by atoms with Crippen molar-refractivity contribution >= 4 is 24.1 Å². The number of benzene rings is 3. The summed E-state index contributed by atoms with van der Waals surface area (Å²) < 4.78 is 5.57. The summed E-state index contributed by atoms with van der Waals surface area (Å²) in [5.74, 6) is -0.953. The number of carbonyl (C=O) groups is 2. The van der Waals surface area contributed by atoms with E-state index in [2.05, 4.69) is 15.8 Å². The Morgan fingerprint density at radius 2 is 1.65 bits per heavy atom. The highest BCUT2D eigenvalue weighted by Gasteiger charge is 2.14. The van der Waals surface area contributed by atoms with Gasteiger partial charge in [0.1, 0.15) is 11.4 Å². The molecule has 34 heavy (non-hydrogen) atoms. The van der Waals surface area contributed by atoms with Crippen molar-refractivity contribution in [3.8, 4) is 17.2 Å². The van der Waals surface area contributed by atoms with Crippen molar-refractivity contribution in [1.29, 1.82) is 0 Å². The summed E-state index contributed by atoms with van der Waals surface area (Å²) in [5, 5.41) is 25.5. The summed E-state index contributed by atoms with van der Waals surface area (Å²) >= 11 is 0. The Morgan fingerprint density at radius 1 is 0.941 bits per heavy atom. The number of amides is 2. The predicted octanol–water partition coefficient (Wildman–Crippen LogP) is 3.81. The summed E-state index contributed by atoms with van der Waals surface area (Å²) in [6.07, 6.45) is 3.72. The Bertz CT molecular complexity index is 1190. The number of phenolic OH excluding ortho intramolecular Hbond substituents is 2. The molecule has 0 fully saturated rings. The van der Waals surface area contributed by atoms with Gasteiger partial charge >= 0.3 is 0 Å². The van der Waals surface area contributed by atoms with Crippen LogP contribution in [0.2, 0.25) is 0 Å². The van der Waals surface area contributed by atoms with Crippen LogP contribution in [0, 0.1) is 0 Å². The van der Waals surface area contributed by atoms with Gasteiger partial charge < -0.3 is 20.3 Å². The zero-order valence-corrected chi connectivity index (χ0v) is 18.6. The van der Waals surface area contributed by atoms with E-state index in [1.807, 2.05) is 6.92 Å². The molecule has 0 aliphatic heterocycles. The average molecular weight is 460 g/mol. The van der Waals surface area contributed by atoms with Crippen LogP contribution in [0.1, 0.15) is 34.8 Å². The molecule has 8 nitrogen and oxygen atoms in total. The van der Waals surface area contributed by atoms with Crippen molar-refractivity contribution in [2.45, 2.75) is 13.3 Å². The van der Waals surface area contributed by atoms with Crippen LogP contribution in [0.4, 0.5) is 0 Å². The second kappa shape index (κ2) is 11.9. The fourth-order valence-electron chi connectivity index (χ4n) is 2.84. The lowest BCUT2D eigenvalue weighted by Crippen LogP contribution is -2.32. The van der Waals surface area contributed by atoms with Crippen LogP contribution in [0.25, 0.3) is 6.08 Å². The van der Waals surface area contributed by atoms with Gasteiger partial charge in [-0.25, -0.2) is 5.43 Å². The molecular weight excluding hydrogens is 434 g/mol. The second-order valence-corrected chi connectivity index (χ2v) is 7.24.